The average Bonchev–Trinajstić information content (AvgIpc) is 2.90. The number of piperazine rings is 1. The molecule has 18 heavy (non-hydrogen) atoms. The van der Waals surface area contributed by atoms with Crippen LogP contribution in [0.2, 0.25) is 0 Å². The standard InChI is InChI=1S/C11H18N4O2S/c1-9-8-14(6-4-12-9)18(16,17)11-7-13-10-3-2-5-15(10)11/h7,9,12H,2-6,8H2,1H3. The molecule has 1 N–H and O–H groups in total. The quantitative estimate of drug-likeness (QED) is 0.809. The first kappa shape index (κ1) is 12.1. The molecule has 7 heteroatoms. The smallest absolute Gasteiger partial charge is 0.260 e. The molecule has 2 aliphatic rings. The number of aromatic nitrogens is 2. The molecular weight excluding hydrogens is 252 g/mol. The third kappa shape index (κ3) is 1.86. The van der Waals surface area contributed by atoms with Gasteiger partial charge in [0.1, 0.15) is 5.82 Å². The van der Waals surface area contributed by atoms with E-state index in [0.717, 1.165) is 25.2 Å². The maximum atomic E-state index is 12.6. The summed E-state index contributed by atoms with van der Waals surface area (Å²) in [6.45, 7) is 4.55. The normalized spacial score (nSPS) is 25.3. The van der Waals surface area contributed by atoms with Crippen molar-refractivity contribution in [1.29, 1.82) is 0 Å². The predicted molar refractivity (Wildman–Crippen MR) is 66.8 cm³/mol. The van der Waals surface area contributed by atoms with Crippen LogP contribution in [0.15, 0.2) is 11.2 Å². The zero-order valence-corrected chi connectivity index (χ0v) is 11.3. The Morgan fingerprint density at radius 3 is 3.06 bits per heavy atom. The Labute approximate surface area is 107 Å². The fraction of sp³-hybridized carbons (Fsp3) is 0.727. The van der Waals surface area contributed by atoms with E-state index < -0.39 is 10.0 Å². The van der Waals surface area contributed by atoms with Gasteiger partial charge in [0, 0.05) is 38.6 Å². The van der Waals surface area contributed by atoms with E-state index in [1.165, 1.54) is 6.20 Å². The van der Waals surface area contributed by atoms with Crippen molar-refractivity contribution in [2.75, 3.05) is 19.6 Å². The molecule has 1 atom stereocenters. The zero-order valence-electron chi connectivity index (χ0n) is 10.5. The lowest BCUT2D eigenvalue weighted by Crippen LogP contribution is -2.51. The highest BCUT2D eigenvalue weighted by Crippen LogP contribution is 2.23. The molecule has 1 fully saturated rings. The van der Waals surface area contributed by atoms with Gasteiger partial charge in [-0.05, 0) is 13.3 Å². The summed E-state index contributed by atoms with van der Waals surface area (Å²) in [6.07, 6.45) is 3.38. The molecule has 0 amide bonds. The molecule has 1 aromatic rings. The van der Waals surface area contributed by atoms with E-state index in [2.05, 4.69) is 10.3 Å². The van der Waals surface area contributed by atoms with Crippen molar-refractivity contribution in [3.63, 3.8) is 0 Å². The lowest BCUT2D eigenvalue weighted by Gasteiger charge is -2.30. The van der Waals surface area contributed by atoms with Crippen molar-refractivity contribution in [1.82, 2.24) is 19.2 Å². The van der Waals surface area contributed by atoms with Gasteiger partial charge in [-0.2, -0.15) is 4.31 Å². The Bertz CT molecular complexity index is 551. The highest BCUT2D eigenvalue weighted by Gasteiger charge is 2.32. The fourth-order valence-corrected chi connectivity index (χ4v) is 4.36. The monoisotopic (exact) mass is 270 g/mol. The van der Waals surface area contributed by atoms with Gasteiger partial charge in [-0.15, -0.1) is 0 Å². The van der Waals surface area contributed by atoms with Crippen molar-refractivity contribution in [2.45, 2.75) is 37.4 Å². The van der Waals surface area contributed by atoms with E-state index in [-0.39, 0.29) is 6.04 Å². The van der Waals surface area contributed by atoms with Gasteiger partial charge in [-0.3, -0.25) is 0 Å². The minimum Gasteiger partial charge on any atom is -0.318 e. The lowest BCUT2D eigenvalue weighted by molar-refractivity contribution is 0.308. The molecule has 100 valence electrons. The van der Waals surface area contributed by atoms with Crippen LogP contribution in [0, 0.1) is 0 Å². The van der Waals surface area contributed by atoms with Gasteiger partial charge < -0.3 is 9.88 Å². The average molecular weight is 270 g/mol. The SMILES string of the molecule is CC1CN(S(=O)(=O)c2cnc3n2CCC3)CCN1. The number of hydrogen-bond acceptors (Lipinski definition) is 4. The summed E-state index contributed by atoms with van der Waals surface area (Å²) in [5.74, 6) is 0.900. The van der Waals surface area contributed by atoms with Crippen LogP contribution in [0.5, 0.6) is 0 Å². The Balaban J connectivity index is 1.94. The van der Waals surface area contributed by atoms with Crippen molar-refractivity contribution in [3.8, 4) is 0 Å². The summed E-state index contributed by atoms with van der Waals surface area (Å²) < 4.78 is 28.6. The number of imidazole rings is 1. The number of aryl methyl sites for hydroxylation is 1. The second kappa shape index (κ2) is 4.32. The number of sulfonamides is 1. The summed E-state index contributed by atoms with van der Waals surface area (Å²) in [4.78, 5) is 4.22. The Kier molecular flexibility index (Phi) is 2.91. The van der Waals surface area contributed by atoms with Crippen molar-refractivity contribution < 1.29 is 8.42 Å². The van der Waals surface area contributed by atoms with E-state index in [1.807, 2.05) is 11.5 Å². The minimum atomic E-state index is -3.38. The molecular formula is C11H18N4O2S. The van der Waals surface area contributed by atoms with Gasteiger partial charge in [0.2, 0.25) is 0 Å². The van der Waals surface area contributed by atoms with E-state index in [9.17, 15) is 8.42 Å². The molecule has 0 aliphatic carbocycles. The minimum absolute atomic E-state index is 0.203. The number of nitrogens with one attached hydrogen (secondary N) is 1. The maximum Gasteiger partial charge on any atom is 0.260 e. The summed E-state index contributed by atoms with van der Waals surface area (Å²) >= 11 is 0. The fourth-order valence-electron chi connectivity index (χ4n) is 2.68. The molecule has 3 heterocycles. The largest absolute Gasteiger partial charge is 0.318 e. The van der Waals surface area contributed by atoms with E-state index in [4.69, 9.17) is 0 Å². The van der Waals surface area contributed by atoms with Crippen LogP contribution >= 0.6 is 0 Å². The Morgan fingerprint density at radius 1 is 1.44 bits per heavy atom. The van der Waals surface area contributed by atoms with Gasteiger partial charge in [0.05, 0.1) is 6.20 Å². The Hall–Kier alpha value is -0.920. The van der Waals surface area contributed by atoms with E-state index in [0.29, 0.717) is 24.7 Å². The maximum absolute atomic E-state index is 12.6. The second-order valence-corrected chi connectivity index (χ2v) is 6.87. The third-order valence-corrected chi connectivity index (χ3v) is 5.49. The highest BCUT2D eigenvalue weighted by molar-refractivity contribution is 7.89. The first-order chi connectivity index (χ1) is 8.59. The van der Waals surface area contributed by atoms with Gasteiger partial charge in [0.25, 0.3) is 10.0 Å². The van der Waals surface area contributed by atoms with Crippen molar-refractivity contribution in [3.05, 3.63) is 12.0 Å². The summed E-state index contributed by atoms with van der Waals surface area (Å²) in [5.41, 5.74) is 0. The summed E-state index contributed by atoms with van der Waals surface area (Å²) in [7, 11) is -3.38. The second-order valence-electron chi connectivity index (χ2n) is 4.99. The third-order valence-electron chi connectivity index (χ3n) is 3.62. The first-order valence-electron chi connectivity index (χ1n) is 6.37. The number of fused-ring (bicyclic) bond motifs is 1. The van der Waals surface area contributed by atoms with Crippen molar-refractivity contribution in [2.24, 2.45) is 0 Å². The van der Waals surface area contributed by atoms with Gasteiger partial charge in [0.15, 0.2) is 5.03 Å². The first-order valence-corrected chi connectivity index (χ1v) is 7.81. The highest BCUT2D eigenvalue weighted by atomic mass is 32.2. The van der Waals surface area contributed by atoms with Gasteiger partial charge in [-0.25, -0.2) is 13.4 Å². The van der Waals surface area contributed by atoms with Crippen LogP contribution in [0.1, 0.15) is 19.2 Å². The van der Waals surface area contributed by atoms with E-state index >= 15 is 0 Å². The molecule has 1 aromatic heterocycles. The van der Waals surface area contributed by atoms with Crippen LogP contribution in [-0.4, -0.2) is 48.0 Å². The Morgan fingerprint density at radius 2 is 2.28 bits per heavy atom. The van der Waals surface area contributed by atoms with Crippen LogP contribution in [0.4, 0.5) is 0 Å². The summed E-state index contributed by atoms with van der Waals surface area (Å²) in [5, 5.41) is 3.62. The molecule has 1 saturated heterocycles. The number of hydrogen-bond donors (Lipinski definition) is 1. The molecule has 6 nitrogen and oxygen atoms in total. The molecule has 0 bridgehead atoms. The molecule has 2 aliphatic heterocycles. The van der Waals surface area contributed by atoms with E-state index in [1.54, 1.807) is 4.31 Å². The van der Waals surface area contributed by atoms with Gasteiger partial charge in [-0.1, -0.05) is 0 Å². The molecule has 0 saturated carbocycles. The topological polar surface area (TPSA) is 67.2 Å². The zero-order chi connectivity index (χ0) is 12.8. The number of rotatable bonds is 2. The molecule has 0 aromatic carbocycles. The predicted octanol–water partition coefficient (Wildman–Crippen LogP) is -0.188. The molecule has 0 radical (unpaired) electrons. The molecule has 0 spiro atoms. The molecule has 3 rings (SSSR count). The van der Waals surface area contributed by atoms with Crippen molar-refractivity contribution >= 4 is 10.0 Å². The van der Waals surface area contributed by atoms with Crippen LogP contribution in [0.3, 0.4) is 0 Å². The number of nitrogens with zero attached hydrogens (tertiary/aromatic N) is 3. The lowest BCUT2D eigenvalue weighted by atomic mass is 10.3. The van der Waals surface area contributed by atoms with Crippen LogP contribution < -0.4 is 5.32 Å². The van der Waals surface area contributed by atoms with Crippen LogP contribution in [0.25, 0.3) is 0 Å². The molecule has 1 unspecified atom stereocenters. The summed E-state index contributed by atoms with van der Waals surface area (Å²) in [6, 6.07) is 0.203. The van der Waals surface area contributed by atoms with Gasteiger partial charge >= 0.3 is 0 Å². The van der Waals surface area contributed by atoms with Crippen LogP contribution in [-0.2, 0) is 23.0 Å².